The summed E-state index contributed by atoms with van der Waals surface area (Å²) in [6.07, 6.45) is 4.97. The second-order valence-electron chi connectivity index (χ2n) is 5.02. The van der Waals surface area contributed by atoms with Crippen molar-refractivity contribution in [3.05, 3.63) is 53.7 Å². The Bertz CT molecular complexity index is 862. The van der Waals surface area contributed by atoms with Gasteiger partial charge in [-0.1, -0.05) is 30.3 Å². The van der Waals surface area contributed by atoms with E-state index in [4.69, 9.17) is 0 Å². The van der Waals surface area contributed by atoms with Crippen molar-refractivity contribution in [2.45, 2.75) is 12.3 Å². The summed E-state index contributed by atoms with van der Waals surface area (Å²) in [4.78, 5) is 3.43. The fraction of sp³-hybridized carbons (Fsp3) is 0.118. The number of H-pyrrole nitrogens is 1. The predicted octanol–water partition coefficient (Wildman–Crippen LogP) is 4.35. The van der Waals surface area contributed by atoms with E-state index in [0.29, 0.717) is 0 Å². The Hall–Kier alpha value is -2.53. The molecule has 0 spiro atoms. The predicted molar refractivity (Wildman–Crippen MR) is 77.8 cm³/mol. The minimum atomic E-state index is -0.0325. The molecule has 0 radical (unpaired) electrons. The Morgan fingerprint density at radius 1 is 1.16 bits per heavy atom. The molecule has 3 aromatic rings. The summed E-state index contributed by atoms with van der Waals surface area (Å²) >= 11 is 0. The normalized spacial score (nSPS) is 17.5. The van der Waals surface area contributed by atoms with E-state index in [0.717, 1.165) is 23.2 Å². The molecule has 1 unspecified atom stereocenters. The van der Waals surface area contributed by atoms with E-state index < -0.39 is 0 Å². The Balaban J connectivity index is 2.13. The van der Waals surface area contributed by atoms with Crippen LogP contribution in [0, 0.1) is 11.3 Å². The van der Waals surface area contributed by atoms with Crippen LogP contribution in [0.3, 0.4) is 0 Å². The number of benzene rings is 2. The quantitative estimate of drug-likeness (QED) is 0.627. The zero-order valence-electron chi connectivity index (χ0n) is 10.4. The van der Waals surface area contributed by atoms with Gasteiger partial charge in [0.05, 0.1) is 12.0 Å². The molecule has 0 saturated heterocycles. The molecule has 1 aromatic heterocycles. The Morgan fingerprint density at radius 2 is 1.95 bits per heavy atom. The number of rotatable bonds is 0. The number of nitriles is 1. The van der Waals surface area contributed by atoms with E-state index in [1.807, 2.05) is 0 Å². The summed E-state index contributed by atoms with van der Waals surface area (Å²) in [5.74, 6) is -0.0325. The third-order valence-electron chi connectivity index (χ3n) is 3.90. The topological polar surface area (TPSA) is 39.6 Å². The number of aromatic nitrogens is 1. The maximum atomic E-state index is 9.33. The van der Waals surface area contributed by atoms with Crippen LogP contribution < -0.4 is 0 Å². The van der Waals surface area contributed by atoms with Crippen molar-refractivity contribution in [1.82, 2.24) is 4.98 Å². The first-order valence-corrected chi connectivity index (χ1v) is 6.47. The van der Waals surface area contributed by atoms with Gasteiger partial charge in [0.25, 0.3) is 0 Å². The number of hydrogen-bond acceptors (Lipinski definition) is 1. The molecule has 1 atom stereocenters. The van der Waals surface area contributed by atoms with Gasteiger partial charge in [-0.05, 0) is 35.4 Å². The molecule has 2 aromatic carbocycles. The van der Waals surface area contributed by atoms with Crippen molar-refractivity contribution in [1.29, 1.82) is 5.26 Å². The van der Waals surface area contributed by atoms with Crippen LogP contribution >= 0.6 is 0 Å². The van der Waals surface area contributed by atoms with Crippen LogP contribution in [0.1, 0.15) is 23.6 Å². The molecule has 1 N–H and O–H groups in total. The monoisotopic (exact) mass is 244 g/mol. The van der Waals surface area contributed by atoms with Crippen LogP contribution in [0.15, 0.2) is 42.5 Å². The molecule has 2 nitrogen and oxygen atoms in total. The lowest BCUT2D eigenvalue weighted by molar-refractivity contribution is 0.873. The highest BCUT2D eigenvalue weighted by Gasteiger charge is 2.21. The van der Waals surface area contributed by atoms with Gasteiger partial charge in [-0.15, -0.1) is 0 Å². The molecule has 0 amide bonds. The summed E-state index contributed by atoms with van der Waals surface area (Å²) in [7, 11) is 0. The van der Waals surface area contributed by atoms with Crippen LogP contribution in [0.4, 0.5) is 0 Å². The van der Waals surface area contributed by atoms with Gasteiger partial charge in [0, 0.05) is 22.2 Å². The van der Waals surface area contributed by atoms with Gasteiger partial charge in [-0.3, -0.25) is 0 Å². The van der Waals surface area contributed by atoms with E-state index in [1.54, 1.807) is 0 Å². The zero-order valence-corrected chi connectivity index (χ0v) is 10.4. The molecule has 19 heavy (non-hydrogen) atoms. The molecule has 2 heteroatoms. The fourth-order valence-corrected chi connectivity index (χ4v) is 2.99. The number of nitrogens with one attached hydrogen (secondary N) is 1. The van der Waals surface area contributed by atoms with Gasteiger partial charge >= 0.3 is 0 Å². The molecule has 1 heterocycles. The van der Waals surface area contributed by atoms with E-state index >= 15 is 0 Å². The second-order valence-corrected chi connectivity index (χ2v) is 5.02. The van der Waals surface area contributed by atoms with Crippen molar-refractivity contribution >= 4 is 27.8 Å². The molecular weight excluding hydrogens is 232 g/mol. The van der Waals surface area contributed by atoms with Crippen LogP contribution in [-0.4, -0.2) is 4.98 Å². The maximum absolute atomic E-state index is 9.33. The number of hydrogen-bond donors (Lipinski definition) is 1. The molecule has 4 rings (SSSR count). The Morgan fingerprint density at radius 3 is 2.74 bits per heavy atom. The van der Waals surface area contributed by atoms with Gasteiger partial charge in [0.2, 0.25) is 0 Å². The van der Waals surface area contributed by atoms with E-state index in [-0.39, 0.29) is 5.92 Å². The maximum Gasteiger partial charge on any atom is 0.0774 e. The molecule has 0 aliphatic heterocycles. The number of aromatic amines is 1. The first-order valence-electron chi connectivity index (χ1n) is 6.47. The standard InChI is InChI=1S/C17H12N2/c18-10-13-6-3-7-15-17(13)14-8-11-4-1-2-5-12(11)9-16(14)19-15/h1-5,7-9,13,19H,6H2. The minimum Gasteiger partial charge on any atom is -0.355 e. The van der Waals surface area contributed by atoms with Crippen molar-refractivity contribution in [3.8, 4) is 6.07 Å². The summed E-state index contributed by atoms with van der Waals surface area (Å²) < 4.78 is 0. The van der Waals surface area contributed by atoms with E-state index in [2.05, 4.69) is 59.6 Å². The SMILES string of the molecule is N#CC1CC=Cc2[nH]c3cc4ccccc4cc3c21. The summed E-state index contributed by atoms with van der Waals surface area (Å²) in [5.41, 5.74) is 3.37. The summed E-state index contributed by atoms with van der Waals surface area (Å²) in [5, 5.41) is 13.0. The Labute approximate surface area is 111 Å². The van der Waals surface area contributed by atoms with Crippen LogP contribution in [0.2, 0.25) is 0 Å². The smallest absolute Gasteiger partial charge is 0.0774 e. The molecule has 1 aliphatic carbocycles. The molecule has 1 aliphatic rings. The van der Waals surface area contributed by atoms with Gasteiger partial charge in [0.1, 0.15) is 0 Å². The number of fused-ring (bicyclic) bond motifs is 4. The largest absolute Gasteiger partial charge is 0.355 e. The molecule has 0 fully saturated rings. The average molecular weight is 244 g/mol. The highest BCUT2D eigenvalue weighted by molar-refractivity contribution is 6.00. The van der Waals surface area contributed by atoms with Crippen LogP contribution in [0.5, 0.6) is 0 Å². The van der Waals surface area contributed by atoms with Crippen molar-refractivity contribution in [3.63, 3.8) is 0 Å². The first kappa shape index (κ1) is 10.4. The third kappa shape index (κ3) is 1.42. The van der Waals surface area contributed by atoms with Gasteiger partial charge < -0.3 is 4.98 Å². The van der Waals surface area contributed by atoms with E-state index in [1.165, 1.54) is 16.2 Å². The van der Waals surface area contributed by atoms with Gasteiger partial charge in [-0.2, -0.15) is 5.26 Å². The van der Waals surface area contributed by atoms with Crippen molar-refractivity contribution in [2.75, 3.05) is 0 Å². The van der Waals surface area contributed by atoms with Crippen molar-refractivity contribution in [2.24, 2.45) is 0 Å². The van der Waals surface area contributed by atoms with Gasteiger partial charge in [-0.25, -0.2) is 0 Å². The van der Waals surface area contributed by atoms with Gasteiger partial charge in [0.15, 0.2) is 0 Å². The molecule has 0 saturated carbocycles. The lowest BCUT2D eigenvalue weighted by Gasteiger charge is -2.11. The third-order valence-corrected chi connectivity index (χ3v) is 3.90. The summed E-state index contributed by atoms with van der Waals surface area (Å²) in [6, 6.07) is 15.1. The minimum absolute atomic E-state index is 0.0325. The lowest BCUT2D eigenvalue weighted by atomic mass is 9.90. The second kappa shape index (κ2) is 3.73. The van der Waals surface area contributed by atoms with Crippen LogP contribution in [0.25, 0.3) is 27.8 Å². The number of allylic oxidation sites excluding steroid dienone is 1. The summed E-state index contributed by atoms with van der Waals surface area (Å²) in [6.45, 7) is 0. The lowest BCUT2D eigenvalue weighted by Crippen LogP contribution is -1.99. The molecule has 0 bridgehead atoms. The fourth-order valence-electron chi connectivity index (χ4n) is 2.99. The van der Waals surface area contributed by atoms with E-state index in [9.17, 15) is 5.26 Å². The van der Waals surface area contributed by atoms with Crippen LogP contribution in [-0.2, 0) is 0 Å². The molecule has 90 valence electrons. The number of nitrogens with zero attached hydrogens (tertiary/aromatic N) is 1. The first-order chi connectivity index (χ1) is 9.36. The average Bonchev–Trinajstić information content (AvgIpc) is 2.82. The highest BCUT2D eigenvalue weighted by atomic mass is 14.7. The zero-order chi connectivity index (χ0) is 12.8. The highest BCUT2D eigenvalue weighted by Crippen LogP contribution is 2.37. The Kier molecular flexibility index (Phi) is 2.04. The van der Waals surface area contributed by atoms with Crippen molar-refractivity contribution < 1.29 is 0 Å². The molecular formula is C17H12N2.